The van der Waals surface area contributed by atoms with Gasteiger partial charge in [0.15, 0.2) is 0 Å². The summed E-state index contributed by atoms with van der Waals surface area (Å²) in [6.45, 7) is 4.18. The molecule has 0 heterocycles. The van der Waals surface area contributed by atoms with Crippen molar-refractivity contribution >= 4 is 6.08 Å². The van der Waals surface area contributed by atoms with Crippen LogP contribution < -0.4 is 0 Å². The maximum absolute atomic E-state index is 8.80. The van der Waals surface area contributed by atoms with E-state index in [2.05, 4.69) is 32.0 Å². The highest BCUT2D eigenvalue weighted by molar-refractivity contribution is 5.70. The van der Waals surface area contributed by atoms with E-state index in [1.165, 1.54) is 11.1 Å². The number of benzene rings is 2. The van der Waals surface area contributed by atoms with E-state index in [1.54, 1.807) is 6.08 Å². The smallest absolute Gasteiger partial charge is 0.130 e. The zero-order chi connectivity index (χ0) is 14.5. The molecular weight excluding hydrogens is 244 g/mol. The van der Waals surface area contributed by atoms with Gasteiger partial charge >= 0.3 is 0 Å². The highest BCUT2D eigenvalue weighted by Gasteiger charge is 2.01. The third-order valence-electron chi connectivity index (χ3n) is 3.28. The van der Waals surface area contributed by atoms with Crippen LogP contribution in [-0.2, 0) is 0 Å². The van der Waals surface area contributed by atoms with E-state index in [9.17, 15) is 0 Å². The van der Waals surface area contributed by atoms with Crippen LogP contribution in [0.25, 0.3) is 17.2 Å². The summed E-state index contributed by atoms with van der Waals surface area (Å²) in [5, 5.41) is 17.6. The molecule has 0 aliphatic rings. The van der Waals surface area contributed by atoms with Crippen LogP contribution in [0.4, 0.5) is 0 Å². The lowest BCUT2D eigenvalue weighted by Crippen LogP contribution is -1.84. The Balaban J connectivity index is 2.45. The predicted octanol–water partition coefficient (Wildman–Crippen LogP) is 4.40. The zero-order valence-electron chi connectivity index (χ0n) is 11.5. The van der Waals surface area contributed by atoms with Gasteiger partial charge in [-0.05, 0) is 53.8 Å². The van der Waals surface area contributed by atoms with Gasteiger partial charge in [0.25, 0.3) is 0 Å². The molecule has 2 aromatic carbocycles. The number of nitrogens with zero attached hydrogens (tertiary/aromatic N) is 2. The van der Waals surface area contributed by atoms with Gasteiger partial charge in [0, 0.05) is 0 Å². The third kappa shape index (κ3) is 2.94. The van der Waals surface area contributed by atoms with Crippen LogP contribution in [0.2, 0.25) is 0 Å². The van der Waals surface area contributed by atoms with E-state index < -0.39 is 0 Å². The van der Waals surface area contributed by atoms with E-state index in [1.807, 2.05) is 36.4 Å². The Hall–Kier alpha value is -2.84. The van der Waals surface area contributed by atoms with Crippen LogP contribution in [0.1, 0.15) is 16.7 Å². The van der Waals surface area contributed by atoms with Crippen molar-refractivity contribution in [2.45, 2.75) is 13.8 Å². The zero-order valence-corrected chi connectivity index (χ0v) is 11.5. The van der Waals surface area contributed by atoms with Crippen molar-refractivity contribution in [1.29, 1.82) is 10.5 Å². The summed E-state index contributed by atoms with van der Waals surface area (Å²) in [6.07, 6.45) is 1.60. The minimum Gasteiger partial charge on any atom is -0.192 e. The number of hydrogen-bond donors (Lipinski definition) is 0. The first-order valence-electron chi connectivity index (χ1n) is 6.33. The standard InChI is InChI=1S/C18H14N2/c1-13-6-7-18(8-14(13)2)17-5-3-4-15(10-17)9-16(11-19)12-20/h3-10H,1-2H3. The summed E-state index contributed by atoms with van der Waals surface area (Å²) in [7, 11) is 0. The van der Waals surface area contributed by atoms with Gasteiger partial charge in [0.05, 0.1) is 0 Å². The van der Waals surface area contributed by atoms with Crippen LogP contribution in [0, 0.1) is 36.5 Å². The number of hydrogen-bond acceptors (Lipinski definition) is 2. The lowest BCUT2D eigenvalue weighted by molar-refractivity contribution is 1.34. The van der Waals surface area contributed by atoms with Crippen molar-refractivity contribution < 1.29 is 0 Å². The normalized spacial score (nSPS) is 9.40. The van der Waals surface area contributed by atoms with Crippen LogP contribution in [-0.4, -0.2) is 0 Å². The Morgan fingerprint density at radius 3 is 2.25 bits per heavy atom. The Bertz CT molecular complexity index is 740. The topological polar surface area (TPSA) is 47.6 Å². The summed E-state index contributed by atoms with van der Waals surface area (Å²) >= 11 is 0. The van der Waals surface area contributed by atoms with Gasteiger partial charge in [-0.15, -0.1) is 0 Å². The minimum absolute atomic E-state index is 0.113. The highest BCUT2D eigenvalue weighted by Crippen LogP contribution is 2.23. The molecule has 0 atom stereocenters. The molecule has 2 rings (SSSR count). The number of nitriles is 2. The fraction of sp³-hybridized carbons (Fsp3) is 0.111. The number of rotatable bonds is 2. The minimum atomic E-state index is 0.113. The first-order valence-corrected chi connectivity index (χ1v) is 6.33. The molecule has 0 N–H and O–H groups in total. The molecule has 2 heteroatoms. The molecule has 96 valence electrons. The molecule has 0 aromatic heterocycles. The molecule has 0 aliphatic carbocycles. The van der Waals surface area contributed by atoms with Gasteiger partial charge < -0.3 is 0 Å². The second-order valence-electron chi connectivity index (χ2n) is 4.71. The van der Waals surface area contributed by atoms with Crippen molar-refractivity contribution in [3.63, 3.8) is 0 Å². The van der Waals surface area contributed by atoms with E-state index >= 15 is 0 Å². The Morgan fingerprint density at radius 2 is 1.60 bits per heavy atom. The van der Waals surface area contributed by atoms with Crippen molar-refractivity contribution in [2.75, 3.05) is 0 Å². The van der Waals surface area contributed by atoms with E-state index in [0.29, 0.717) is 0 Å². The van der Waals surface area contributed by atoms with Crippen LogP contribution in [0.5, 0.6) is 0 Å². The SMILES string of the molecule is Cc1ccc(-c2cccc(C=C(C#N)C#N)c2)cc1C. The molecular formula is C18H14N2. The summed E-state index contributed by atoms with van der Waals surface area (Å²) in [6, 6.07) is 17.9. The predicted molar refractivity (Wildman–Crippen MR) is 80.6 cm³/mol. The second-order valence-corrected chi connectivity index (χ2v) is 4.71. The van der Waals surface area contributed by atoms with Gasteiger partial charge in [-0.1, -0.05) is 36.4 Å². The first kappa shape index (κ1) is 13.6. The maximum atomic E-state index is 8.80. The average Bonchev–Trinajstić information content (AvgIpc) is 2.48. The molecule has 0 unspecified atom stereocenters. The monoisotopic (exact) mass is 258 g/mol. The van der Waals surface area contributed by atoms with Gasteiger partial charge in [0.1, 0.15) is 17.7 Å². The molecule has 2 nitrogen and oxygen atoms in total. The van der Waals surface area contributed by atoms with Crippen molar-refractivity contribution in [2.24, 2.45) is 0 Å². The summed E-state index contributed by atoms with van der Waals surface area (Å²) in [5.41, 5.74) is 5.70. The first-order chi connectivity index (χ1) is 9.63. The number of allylic oxidation sites excluding steroid dienone is 1. The Labute approximate surface area is 119 Å². The molecule has 2 aromatic rings. The molecule has 0 spiro atoms. The summed E-state index contributed by atoms with van der Waals surface area (Å²) in [5.74, 6) is 0. The Morgan fingerprint density at radius 1 is 0.900 bits per heavy atom. The van der Waals surface area contributed by atoms with Crippen LogP contribution in [0.3, 0.4) is 0 Å². The van der Waals surface area contributed by atoms with Gasteiger partial charge in [0.2, 0.25) is 0 Å². The fourth-order valence-electron chi connectivity index (χ4n) is 1.99. The lowest BCUT2D eigenvalue weighted by atomic mass is 9.98. The molecule has 0 saturated heterocycles. The second kappa shape index (κ2) is 5.87. The van der Waals surface area contributed by atoms with Crippen molar-refractivity contribution in [1.82, 2.24) is 0 Å². The lowest BCUT2D eigenvalue weighted by Gasteiger charge is -2.06. The summed E-state index contributed by atoms with van der Waals surface area (Å²) in [4.78, 5) is 0. The molecule has 0 amide bonds. The van der Waals surface area contributed by atoms with Crippen LogP contribution in [0.15, 0.2) is 48.0 Å². The number of aryl methyl sites for hydroxylation is 2. The molecule has 0 radical (unpaired) electrons. The summed E-state index contributed by atoms with van der Waals surface area (Å²) < 4.78 is 0. The quantitative estimate of drug-likeness (QED) is 0.749. The van der Waals surface area contributed by atoms with Gasteiger partial charge in [-0.3, -0.25) is 0 Å². The van der Waals surface area contributed by atoms with Gasteiger partial charge in [-0.25, -0.2) is 0 Å². The van der Waals surface area contributed by atoms with E-state index in [-0.39, 0.29) is 5.57 Å². The molecule has 0 bridgehead atoms. The maximum Gasteiger partial charge on any atom is 0.130 e. The molecule has 20 heavy (non-hydrogen) atoms. The van der Waals surface area contributed by atoms with Gasteiger partial charge in [-0.2, -0.15) is 10.5 Å². The van der Waals surface area contributed by atoms with Crippen molar-refractivity contribution in [3.8, 4) is 23.3 Å². The third-order valence-corrected chi connectivity index (χ3v) is 3.28. The molecule has 0 saturated carbocycles. The largest absolute Gasteiger partial charge is 0.192 e. The van der Waals surface area contributed by atoms with Crippen molar-refractivity contribution in [3.05, 3.63) is 64.7 Å². The fourth-order valence-corrected chi connectivity index (χ4v) is 1.99. The van der Waals surface area contributed by atoms with Crippen LogP contribution >= 0.6 is 0 Å². The van der Waals surface area contributed by atoms with E-state index in [0.717, 1.165) is 16.7 Å². The highest BCUT2D eigenvalue weighted by atomic mass is 14.3. The van der Waals surface area contributed by atoms with E-state index in [4.69, 9.17) is 10.5 Å². The Kier molecular flexibility index (Phi) is 3.99. The average molecular weight is 258 g/mol. The molecule has 0 fully saturated rings. The molecule has 0 aliphatic heterocycles.